The van der Waals surface area contributed by atoms with Crippen LogP contribution in [-0.4, -0.2) is 36.5 Å². The first kappa shape index (κ1) is 17.1. The summed E-state index contributed by atoms with van der Waals surface area (Å²) in [5.74, 6) is 0.372. The number of rotatable bonds is 10. The Hall–Kier alpha value is -0.920. The van der Waals surface area contributed by atoms with Crippen LogP contribution in [0.2, 0.25) is 0 Å². The van der Waals surface area contributed by atoms with Crippen LogP contribution in [0.1, 0.15) is 39.5 Å². The third-order valence-corrected chi connectivity index (χ3v) is 4.73. The Morgan fingerprint density at radius 3 is 2.80 bits per heavy atom. The molecule has 2 N–H and O–H groups in total. The summed E-state index contributed by atoms with van der Waals surface area (Å²) in [7, 11) is -3.50. The number of aromatic nitrogens is 2. The third kappa shape index (κ3) is 5.22. The highest BCUT2D eigenvalue weighted by atomic mass is 32.2. The number of hydrogen-bond acceptors (Lipinski definition) is 4. The van der Waals surface area contributed by atoms with Gasteiger partial charge in [0.1, 0.15) is 4.90 Å². The molecule has 0 aliphatic carbocycles. The van der Waals surface area contributed by atoms with Crippen molar-refractivity contribution in [3.05, 3.63) is 12.4 Å². The zero-order chi connectivity index (χ0) is 15.0. The van der Waals surface area contributed by atoms with Crippen LogP contribution in [0.3, 0.4) is 0 Å². The maximum Gasteiger partial charge on any atom is 0.243 e. The van der Waals surface area contributed by atoms with Crippen molar-refractivity contribution in [3.63, 3.8) is 0 Å². The van der Waals surface area contributed by atoms with Crippen LogP contribution >= 0.6 is 0 Å². The molecule has 1 unspecified atom stereocenters. The molecule has 0 fully saturated rings. The minimum absolute atomic E-state index is 0.0659. The zero-order valence-corrected chi connectivity index (χ0v) is 13.1. The largest absolute Gasteiger partial charge is 0.394 e. The maximum absolute atomic E-state index is 12.1. The topological polar surface area (TPSA) is 84.2 Å². The number of aliphatic hydroxyl groups excluding tert-OH is 1. The van der Waals surface area contributed by atoms with Crippen LogP contribution in [0, 0.1) is 5.92 Å². The fourth-order valence-electron chi connectivity index (χ4n) is 1.96. The van der Waals surface area contributed by atoms with Gasteiger partial charge in [-0.15, -0.1) is 0 Å². The molecule has 0 amide bonds. The van der Waals surface area contributed by atoms with E-state index in [2.05, 4.69) is 23.7 Å². The Labute approximate surface area is 121 Å². The van der Waals surface area contributed by atoms with Crippen LogP contribution < -0.4 is 4.72 Å². The molecule has 1 rings (SSSR count). The van der Waals surface area contributed by atoms with E-state index in [4.69, 9.17) is 5.11 Å². The second kappa shape index (κ2) is 8.39. The normalized spacial score (nSPS) is 13.6. The first-order valence-corrected chi connectivity index (χ1v) is 8.64. The summed E-state index contributed by atoms with van der Waals surface area (Å²) in [5.41, 5.74) is 0. The highest BCUT2D eigenvalue weighted by Gasteiger charge is 2.18. The van der Waals surface area contributed by atoms with Gasteiger partial charge in [-0.1, -0.05) is 33.1 Å². The van der Waals surface area contributed by atoms with E-state index >= 15 is 0 Å². The van der Waals surface area contributed by atoms with E-state index < -0.39 is 10.0 Å². The fourth-order valence-corrected chi connectivity index (χ4v) is 3.03. The van der Waals surface area contributed by atoms with Gasteiger partial charge in [-0.2, -0.15) is 5.10 Å². The van der Waals surface area contributed by atoms with Crippen molar-refractivity contribution in [2.45, 2.75) is 51.0 Å². The van der Waals surface area contributed by atoms with Gasteiger partial charge in [0.25, 0.3) is 0 Å². The minimum Gasteiger partial charge on any atom is -0.394 e. The fraction of sp³-hybridized carbons (Fsp3) is 0.769. The van der Waals surface area contributed by atoms with Crippen LogP contribution in [-0.2, 0) is 16.6 Å². The van der Waals surface area contributed by atoms with Gasteiger partial charge < -0.3 is 5.11 Å². The molecule has 7 heteroatoms. The molecule has 1 atom stereocenters. The maximum atomic E-state index is 12.1. The zero-order valence-electron chi connectivity index (χ0n) is 12.2. The second-order valence-corrected chi connectivity index (χ2v) is 6.70. The van der Waals surface area contributed by atoms with E-state index in [1.54, 1.807) is 0 Å². The summed E-state index contributed by atoms with van der Waals surface area (Å²) in [6.07, 6.45) is 6.99. The average Bonchev–Trinajstić information content (AvgIpc) is 2.89. The SMILES string of the molecule is CCCCC(CC)CNS(=O)(=O)c1cnn(CCO)c1. The molecular weight excluding hydrogens is 278 g/mol. The minimum atomic E-state index is -3.50. The van der Waals surface area contributed by atoms with Gasteiger partial charge in [0.2, 0.25) is 10.0 Å². The van der Waals surface area contributed by atoms with Gasteiger partial charge in [0.15, 0.2) is 0 Å². The molecule has 0 saturated heterocycles. The number of aliphatic hydroxyl groups is 1. The van der Waals surface area contributed by atoms with E-state index in [9.17, 15) is 8.42 Å². The summed E-state index contributed by atoms with van der Waals surface area (Å²) in [4.78, 5) is 0.149. The van der Waals surface area contributed by atoms with Crippen molar-refractivity contribution in [2.75, 3.05) is 13.2 Å². The standard InChI is InChI=1S/C13H25N3O3S/c1-3-5-6-12(4-2)9-15-20(18,19)13-10-14-16(11-13)7-8-17/h10-12,15,17H,3-9H2,1-2H3. The molecule has 0 saturated carbocycles. The molecule has 20 heavy (non-hydrogen) atoms. The quantitative estimate of drug-likeness (QED) is 0.684. The molecule has 1 heterocycles. The predicted molar refractivity (Wildman–Crippen MR) is 77.8 cm³/mol. The molecule has 1 aromatic rings. The van der Waals surface area contributed by atoms with Gasteiger partial charge >= 0.3 is 0 Å². The smallest absolute Gasteiger partial charge is 0.243 e. The van der Waals surface area contributed by atoms with Crippen LogP contribution in [0.15, 0.2) is 17.3 Å². The molecule has 0 spiro atoms. The summed E-state index contributed by atoms with van der Waals surface area (Å²) >= 11 is 0. The molecule has 116 valence electrons. The van der Waals surface area contributed by atoms with Crippen molar-refractivity contribution >= 4 is 10.0 Å². The van der Waals surface area contributed by atoms with Crippen LogP contribution in [0.5, 0.6) is 0 Å². The molecule has 0 aliphatic heterocycles. The van der Waals surface area contributed by atoms with Gasteiger partial charge in [-0.3, -0.25) is 4.68 Å². The lowest BCUT2D eigenvalue weighted by atomic mass is 10.00. The lowest BCUT2D eigenvalue weighted by Gasteiger charge is -2.14. The number of sulfonamides is 1. The third-order valence-electron chi connectivity index (χ3n) is 3.35. The van der Waals surface area contributed by atoms with Crippen molar-refractivity contribution in [1.82, 2.24) is 14.5 Å². The highest BCUT2D eigenvalue weighted by Crippen LogP contribution is 2.13. The van der Waals surface area contributed by atoms with E-state index in [0.717, 1.165) is 25.7 Å². The van der Waals surface area contributed by atoms with E-state index in [-0.39, 0.29) is 11.5 Å². The molecule has 6 nitrogen and oxygen atoms in total. The Morgan fingerprint density at radius 1 is 1.45 bits per heavy atom. The monoisotopic (exact) mass is 303 g/mol. The Morgan fingerprint density at radius 2 is 2.20 bits per heavy atom. The van der Waals surface area contributed by atoms with Crippen molar-refractivity contribution in [2.24, 2.45) is 5.92 Å². The summed E-state index contributed by atoms with van der Waals surface area (Å²) in [6, 6.07) is 0. The summed E-state index contributed by atoms with van der Waals surface area (Å²) in [5, 5.41) is 12.7. The highest BCUT2D eigenvalue weighted by molar-refractivity contribution is 7.89. The van der Waals surface area contributed by atoms with Crippen molar-refractivity contribution < 1.29 is 13.5 Å². The van der Waals surface area contributed by atoms with Crippen LogP contribution in [0.25, 0.3) is 0 Å². The molecule has 0 aromatic carbocycles. The Kier molecular flexibility index (Phi) is 7.18. The molecule has 1 aromatic heterocycles. The first-order valence-electron chi connectivity index (χ1n) is 7.16. The van der Waals surface area contributed by atoms with E-state index in [1.807, 2.05) is 0 Å². The Bertz CT molecular complexity index is 485. The summed E-state index contributed by atoms with van der Waals surface area (Å²) in [6.45, 7) is 4.90. The predicted octanol–water partition coefficient (Wildman–Crippen LogP) is 1.37. The van der Waals surface area contributed by atoms with E-state index in [1.165, 1.54) is 17.1 Å². The first-order chi connectivity index (χ1) is 9.53. The number of unbranched alkanes of at least 4 members (excludes halogenated alkanes) is 1. The van der Waals surface area contributed by atoms with Crippen molar-refractivity contribution in [3.8, 4) is 0 Å². The van der Waals surface area contributed by atoms with Gasteiger partial charge in [-0.25, -0.2) is 13.1 Å². The van der Waals surface area contributed by atoms with E-state index in [0.29, 0.717) is 19.0 Å². The molecule has 0 radical (unpaired) electrons. The average molecular weight is 303 g/mol. The summed E-state index contributed by atoms with van der Waals surface area (Å²) < 4.78 is 28.3. The number of nitrogens with one attached hydrogen (secondary N) is 1. The van der Waals surface area contributed by atoms with Gasteiger partial charge in [0, 0.05) is 12.7 Å². The number of nitrogens with zero attached hydrogens (tertiary/aromatic N) is 2. The number of hydrogen-bond donors (Lipinski definition) is 2. The lowest BCUT2D eigenvalue weighted by molar-refractivity contribution is 0.269. The lowest BCUT2D eigenvalue weighted by Crippen LogP contribution is -2.29. The van der Waals surface area contributed by atoms with Gasteiger partial charge in [0.05, 0.1) is 19.3 Å². The molecule has 0 bridgehead atoms. The van der Waals surface area contributed by atoms with Crippen molar-refractivity contribution in [1.29, 1.82) is 0 Å². The molecular formula is C13H25N3O3S. The van der Waals surface area contributed by atoms with Gasteiger partial charge in [-0.05, 0) is 12.3 Å². The molecule has 0 aliphatic rings. The second-order valence-electron chi connectivity index (χ2n) is 4.93. The Balaban J connectivity index is 2.59. The van der Waals surface area contributed by atoms with Crippen LogP contribution in [0.4, 0.5) is 0 Å².